The van der Waals surface area contributed by atoms with Gasteiger partial charge in [0.15, 0.2) is 0 Å². The number of pyridine rings is 1. The molecule has 0 aliphatic carbocycles. The van der Waals surface area contributed by atoms with E-state index in [1.165, 1.54) is 5.56 Å². The maximum absolute atomic E-state index is 13.5. The molecule has 0 unspecified atom stereocenters. The maximum atomic E-state index is 13.5. The van der Waals surface area contributed by atoms with E-state index in [-0.39, 0.29) is 0 Å². The Balaban J connectivity index is 1.25. The first-order valence-electron chi connectivity index (χ1n) is 12.9. The Labute approximate surface area is 227 Å². The maximum Gasteiger partial charge on any atom is 0.296 e. The second-order valence-electron chi connectivity index (χ2n) is 9.55. The van der Waals surface area contributed by atoms with Crippen LogP contribution in [0.1, 0.15) is 21.6 Å². The second-order valence-corrected chi connectivity index (χ2v) is 9.55. The third-order valence-corrected chi connectivity index (χ3v) is 6.59. The van der Waals surface area contributed by atoms with Gasteiger partial charge in [0, 0.05) is 48.1 Å². The van der Waals surface area contributed by atoms with Gasteiger partial charge in [0.25, 0.3) is 11.7 Å². The van der Waals surface area contributed by atoms with E-state index in [1.807, 2.05) is 97.4 Å². The molecule has 0 aliphatic rings. The van der Waals surface area contributed by atoms with Gasteiger partial charge in [0.2, 0.25) is 0 Å². The number of Topliss-reactive ketones (excluding diaryl/α,β-unsaturated/α-hetero) is 1. The summed E-state index contributed by atoms with van der Waals surface area (Å²) < 4.78 is 1.97. The van der Waals surface area contributed by atoms with Crippen LogP contribution in [-0.2, 0) is 11.8 Å². The van der Waals surface area contributed by atoms with Crippen LogP contribution >= 0.6 is 0 Å². The molecule has 3 aromatic carbocycles. The highest BCUT2D eigenvalue weighted by Crippen LogP contribution is 2.33. The van der Waals surface area contributed by atoms with Crippen LogP contribution < -0.4 is 16.0 Å². The van der Waals surface area contributed by atoms with E-state index in [0.717, 1.165) is 39.4 Å². The smallest absolute Gasteiger partial charge is 0.296 e. The van der Waals surface area contributed by atoms with Crippen LogP contribution in [-0.4, -0.2) is 34.3 Å². The molecule has 3 N–H and O–H groups in total. The number of carbonyl (C=O) groups is 2. The molecule has 5 aromatic rings. The number of nitrogens with zero attached hydrogens (tertiary/aromatic N) is 2. The lowest BCUT2D eigenvalue weighted by Crippen LogP contribution is -2.23. The average molecular weight is 518 g/mol. The van der Waals surface area contributed by atoms with Crippen molar-refractivity contribution in [1.82, 2.24) is 9.55 Å². The standard InChI is InChI=1S/C32H31N5O2/c1-21-19-22(2)35-28(20-21)34-18-17-33-24-13-15-25(16-14-24)36-32(39)31(38)29-26-11-7-8-12-27(26)37(3)30(29)23-9-5-4-6-10-23/h4-16,19-20,33H,17-18H2,1-3H3,(H,34,35)(H,36,39). The van der Waals surface area contributed by atoms with Gasteiger partial charge < -0.3 is 20.5 Å². The summed E-state index contributed by atoms with van der Waals surface area (Å²) in [6.45, 7) is 5.44. The number of aromatic nitrogens is 2. The van der Waals surface area contributed by atoms with E-state index in [2.05, 4.69) is 27.9 Å². The molecule has 0 saturated heterocycles. The summed E-state index contributed by atoms with van der Waals surface area (Å²) in [6.07, 6.45) is 0. The first kappa shape index (κ1) is 25.7. The number of ketones is 1. The van der Waals surface area contributed by atoms with Crippen molar-refractivity contribution < 1.29 is 9.59 Å². The van der Waals surface area contributed by atoms with Crippen molar-refractivity contribution in [2.75, 3.05) is 29.0 Å². The van der Waals surface area contributed by atoms with E-state index < -0.39 is 11.7 Å². The van der Waals surface area contributed by atoms with E-state index in [9.17, 15) is 9.59 Å². The minimum absolute atomic E-state index is 0.404. The SMILES string of the molecule is Cc1cc(C)nc(NCCNc2ccc(NC(=O)C(=O)c3c(-c4ccccc4)n(C)c4ccccc34)cc2)c1. The Kier molecular flexibility index (Phi) is 7.41. The van der Waals surface area contributed by atoms with Crippen LogP contribution in [0, 0.1) is 13.8 Å². The molecular formula is C32H31N5O2. The van der Waals surface area contributed by atoms with Crippen molar-refractivity contribution in [1.29, 1.82) is 0 Å². The number of anilines is 3. The Morgan fingerprint density at radius 1 is 0.795 bits per heavy atom. The van der Waals surface area contributed by atoms with Crippen molar-refractivity contribution in [2.24, 2.45) is 7.05 Å². The Bertz CT molecular complexity index is 1620. The zero-order valence-electron chi connectivity index (χ0n) is 22.3. The molecule has 39 heavy (non-hydrogen) atoms. The fraction of sp³-hybridized carbons (Fsp3) is 0.156. The average Bonchev–Trinajstić information content (AvgIpc) is 3.23. The third kappa shape index (κ3) is 5.67. The predicted molar refractivity (Wildman–Crippen MR) is 158 cm³/mol. The lowest BCUT2D eigenvalue weighted by atomic mass is 10.0. The number of carbonyl (C=O) groups excluding carboxylic acids is 2. The van der Waals surface area contributed by atoms with Gasteiger partial charge in [0.05, 0.1) is 11.3 Å². The van der Waals surface area contributed by atoms with Crippen molar-refractivity contribution in [2.45, 2.75) is 13.8 Å². The van der Waals surface area contributed by atoms with Gasteiger partial charge in [-0.25, -0.2) is 4.98 Å². The van der Waals surface area contributed by atoms with Crippen LogP contribution in [0.4, 0.5) is 17.2 Å². The van der Waals surface area contributed by atoms with Crippen molar-refractivity contribution in [3.05, 3.63) is 108 Å². The van der Waals surface area contributed by atoms with Crippen LogP contribution in [0.3, 0.4) is 0 Å². The molecule has 0 bridgehead atoms. The Hall–Kier alpha value is -4.91. The molecule has 7 heteroatoms. The fourth-order valence-corrected chi connectivity index (χ4v) is 4.86. The first-order chi connectivity index (χ1) is 18.9. The summed E-state index contributed by atoms with van der Waals surface area (Å²) >= 11 is 0. The molecule has 7 nitrogen and oxygen atoms in total. The second kappa shape index (κ2) is 11.2. The molecule has 0 saturated carbocycles. The number of para-hydroxylation sites is 1. The van der Waals surface area contributed by atoms with Crippen LogP contribution in [0.15, 0.2) is 91.0 Å². The molecule has 5 rings (SSSR count). The molecule has 0 radical (unpaired) electrons. The summed E-state index contributed by atoms with van der Waals surface area (Å²) in [5, 5.41) is 10.2. The number of benzene rings is 3. The van der Waals surface area contributed by atoms with E-state index in [4.69, 9.17) is 0 Å². The van der Waals surface area contributed by atoms with E-state index >= 15 is 0 Å². The lowest BCUT2D eigenvalue weighted by molar-refractivity contribution is -0.112. The van der Waals surface area contributed by atoms with Crippen molar-refractivity contribution >= 4 is 39.8 Å². The van der Waals surface area contributed by atoms with Gasteiger partial charge in [-0.15, -0.1) is 0 Å². The zero-order valence-corrected chi connectivity index (χ0v) is 22.3. The molecule has 1 amide bonds. The Morgan fingerprint density at radius 2 is 1.46 bits per heavy atom. The number of hydrogen-bond donors (Lipinski definition) is 3. The van der Waals surface area contributed by atoms with E-state index in [0.29, 0.717) is 24.3 Å². The molecule has 0 atom stereocenters. The normalized spacial score (nSPS) is 10.8. The highest BCUT2D eigenvalue weighted by molar-refractivity contribution is 6.49. The first-order valence-corrected chi connectivity index (χ1v) is 12.9. The number of amides is 1. The highest BCUT2D eigenvalue weighted by atomic mass is 16.2. The molecule has 196 valence electrons. The summed E-state index contributed by atoms with van der Waals surface area (Å²) in [7, 11) is 1.92. The summed E-state index contributed by atoms with van der Waals surface area (Å²) in [6, 6.07) is 28.7. The number of rotatable bonds is 9. The van der Waals surface area contributed by atoms with Gasteiger partial charge in [-0.3, -0.25) is 9.59 Å². The lowest BCUT2D eigenvalue weighted by Gasteiger charge is -2.11. The number of fused-ring (bicyclic) bond motifs is 1. The molecule has 0 fully saturated rings. The van der Waals surface area contributed by atoms with Crippen LogP contribution in [0.25, 0.3) is 22.2 Å². The molecule has 2 aromatic heterocycles. The topological polar surface area (TPSA) is 88.1 Å². The predicted octanol–water partition coefficient (Wildman–Crippen LogP) is 6.20. The van der Waals surface area contributed by atoms with Gasteiger partial charge in [0.1, 0.15) is 5.82 Å². The summed E-state index contributed by atoms with van der Waals surface area (Å²) in [5.74, 6) is -0.382. The van der Waals surface area contributed by atoms with Gasteiger partial charge in [-0.1, -0.05) is 48.5 Å². The van der Waals surface area contributed by atoms with Gasteiger partial charge in [-0.05, 0) is 67.4 Å². The van der Waals surface area contributed by atoms with E-state index in [1.54, 1.807) is 12.1 Å². The van der Waals surface area contributed by atoms with Crippen molar-refractivity contribution in [3.63, 3.8) is 0 Å². The quantitative estimate of drug-likeness (QED) is 0.123. The highest BCUT2D eigenvalue weighted by Gasteiger charge is 2.26. The largest absolute Gasteiger partial charge is 0.383 e. The summed E-state index contributed by atoms with van der Waals surface area (Å²) in [4.78, 5) is 31.1. The third-order valence-electron chi connectivity index (χ3n) is 6.59. The number of nitrogens with one attached hydrogen (secondary N) is 3. The molecule has 0 aliphatic heterocycles. The Morgan fingerprint density at radius 3 is 2.21 bits per heavy atom. The molecular weight excluding hydrogens is 486 g/mol. The minimum atomic E-state index is -0.672. The monoisotopic (exact) mass is 517 g/mol. The minimum Gasteiger partial charge on any atom is -0.383 e. The van der Waals surface area contributed by atoms with Crippen molar-refractivity contribution in [3.8, 4) is 11.3 Å². The zero-order chi connectivity index (χ0) is 27.4. The summed E-state index contributed by atoms with van der Waals surface area (Å²) in [5.41, 5.74) is 6.52. The molecule has 0 spiro atoms. The number of aryl methyl sites for hydroxylation is 3. The van der Waals surface area contributed by atoms with Crippen LogP contribution in [0.2, 0.25) is 0 Å². The van der Waals surface area contributed by atoms with Gasteiger partial charge in [-0.2, -0.15) is 0 Å². The number of hydrogen-bond acceptors (Lipinski definition) is 5. The molecule has 2 heterocycles. The van der Waals surface area contributed by atoms with Gasteiger partial charge >= 0.3 is 0 Å². The van der Waals surface area contributed by atoms with Crippen LogP contribution in [0.5, 0.6) is 0 Å². The fourth-order valence-electron chi connectivity index (χ4n) is 4.86.